The van der Waals surface area contributed by atoms with Crippen molar-refractivity contribution in [1.29, 1.82) is 0 Å². The lowest BCUT2D eigenvalue weighted by Crippen LogP contribution is -1.96. The summed E-state index contributed by atoms with van der Waals surface area (Å²) < 4.78 is 11.1. The molecule has 1 saturated carbocycles. The molecular weight excluding hydrogens is 398 g/mol. The van der Waals surface area contributed by atoms with Crippen LogP contribution in [0.1, 0.15) is 40.5 Å². The predicted octanol–water partition coefficient (Wildman–Crippen LogP) is 4.83. The third-order valence-electron chi connectivity index (χ3n) is 5.09. The number of aromatic nitrogens is 2. The zero-order chi connectivity index (χ0) is 21.1. The molecule has 1 fully saturated rings. The number of rotatable bonds is 8. The maximum atomic E-state index is 12.6. The van der Waals surface area contributed by atoms with Crippen molar-refractivity contribution in [1.82, 2.24) is 9.97 Å². The van der Waals surface area contributed by atoms with Crippen molar-refractivity contribution < 1.29 is 14.3 Å². The van der Waals surface area contributed by atoms with Crippen LogP contribution in [0.15, 0.2) is 53.6 Å². The van der Waals surface area contributed by atoms with Gasteiger partial charge in [0, 0.05) is 33.6 Å². The fourth-order valence-corrected chi connectivity index (χ4v) is 3.55. The van der Waals surface area contributed by atoms with Gasteiger partial charge in [0.2, 0.25) is 0 Å². The molecule has 1 aromatic heterocycles. The molecule has 0 unspecified atom stereocenters. The fourth-order valence-electron chi connectivity index (χ4n) is 3.26. The highest BCUT2D eigenvalue weighted by Gasteiger charge is 2.27. The molecule has 1 aliphatic carbocycles. The van der Waals surface area contributed by atoms with Gasteiger partial charge in [-0.15, -0.1) is 0 Å². The molecule has 1 aliphatic rings. The summed E-state index contributed by atoms with van der Waals surface area (Å²) in [6, 6.07) is 11.0. The van der Waals surface area contributed by atoms with Crippen LogP contribution in [0.2, 0.25) is 0 Å². The van der Waals surface area contributed by atoms with Gasteiger partial charge in [-0.1, -0.05) is 0 Å². The number of carbonyl (C=O) groups excluding carboxylic acids is 1. The maximum absolute atomic E-state index is 12.6. The highest BCUT2D eigenvalue weighted by molar-refractivity contribution is 7.97. The molecule has 154 valence electrons. The number of benzene rings is 2. The molecule has 0 atom stereocenters. The largest absolute Gasteiger partial charge is 0.496 e. The standard InChI is InChI=1S/C23H23N3O3S/c1-28-21-12-22(29-2)18(19-13-25-23(26-19)15-3-4-15)11-16(21)7-10-20(27)14-5-8-17(30-24)9-6-14/h5-13,15H,3-4,24H2,1-2H3,(H,25,26)/b10-7+. The van der Waals surface area contributed by atoms with Gasteiger partial charge in [-0.05, 0) is 67.3 Å². The van der Waals surface area contributed by atoms with Gasteiger partial charge >= 0.3 is 0 Å². The van der Waals surface area contributed by atoms with Crippen molar-refractivity contribution in [3.05, 3.63) is 65.6 Å². The number of ketones is 1. The lowest BCUT2D eigenvalue weighted by atomic mass is 10.0. The Hall–Kier alpha value is -3.03. The van der Waals surface area contributed by atoms with Crippen molar-refractivity contribution in [3.63, 3.8) is 0 Å². The number of nitrogens with one attached hydrogen (secondary N) is 1. The van der Waals surface area contributed by atoms with Crippen LogP contribution in [0.4, 0.5) is 0 Å². The van der Waals surface area contributed by atoms with E-state index in [0.29, 0.717) is 23.0 Å². The number of ether oxygens (including phenoxy) is 2. The van der Waals surface area contributed by atoms with Crippen molar-refractivity contribution >= 4 is 23.8 Å². The monoisotopic (exact) mass is 421 g/mol. The fraction of sp³-hybridized carbons (Fsp3) is 0.217. The Kier molecular flexibility index (Phi) is 5.92. The van der Waals surface area contributed by atoms with E-state index < -0.39 is 0 Å². The summed E-state index contributed by atoms with van der Waals surface area (Å²) in [6.45, 7) is 0. The number of hydrogen-bond acceptors (Lipinski definition) is 6. The molecule has 3 aromatic rings. The molecule has 30 heavy (non-hydrogen) atoms. The van der Waals surface area contributed by atoms with Crippen molar-refractivity contribution in [2.75, 3.05) is 14.2 Å². The number of imidazole rings is 1. The average molecular weight is 422 g/mol. The Morgan fingerprint density at radius 3 is 2.53 bits per heavy atom. The molecule has 0 amide bonds. The molecule has 4 rings (SSSR count). The Labute approximate surface area is 179 Å². The van der Waals surface area contributed by atoms with Gasteiger partial charge in [0.1, 0.15) is 17.3 Å². The Morgan fingerprint density at radius 2 is 1.90 bits per heavy atom. The minimum absolute atomic E-state index is 0.0967. The van der Waals surface area contributed by atoms with Crippen LogP contribution in [-0.4, -0.2) is 30.0 Å². The van der Waals surface area contributed by atoms with Crippen molar-refractivity contribution in [3.8, 4) is 22.8 Å². The number of aromatic amines is 1. The molecule has 2 aromatic carbocycles. The minimum atomic E-state index is -0.0967. The number of nitrogens with two attached hydrogens (primary N) is 1. The number of H-pyrrole nitrogens is 1. The average Bonchev–Trinajstić information content (AvgIpc) is 3.53. The number of hydrogen-bond donors (Lipinski definition) is 2. The van der Waals surface area contributed by atoms with E-state index in [1.807, 2.05) is 30.5 Å². The first-order chi connectivity index (χ1) is 14.6. The van der Waals surface area contributed by atoms with E-state index in [1.54, 1.807) is 38.5 Å². The number of nitrogens with zero attached hydrogens (tertiary/aromatic N) is 1. The van der Waals surface area contributed by atoms with Gasteiger partial charge in [0.15, 0.2) is 5.78 Å². The van der Waals surface area contributed by atoms with Gasteiger partial charge in [-0.25, -0.2) is 4.98 Å². The van der Waals surface area contributed by atoms with E-state index in [1.165, 1.54) is 12.8 Å². The lowest BCUT2D eigenvalue weighted by Gasteiger charge is -2.12. The molecule has 0 radical (unpaired) electrons. The summed E-state index contributed by atoms with van der Waals surface area (Å²) in [6.07, 6.45) is 7.48. The highest BCUT2D eigenvalue weighted by Crippen LogP contribution is 2.41. The summed E-state index contributed by atoms with van der Waals surface area (Å²) in [5.74, 6) is 2.74. The quantitative estimate of drug-likeness (QED) is 0.307. The SMILES string of the molecule is COc1cc(OC)c(-c2cnc(C3CC3)[nH]2)cc1/C=C/C(=O)c1ccc(SN)cc1. The van der Waals surface area contributed by atoms with E-state index in [4.69, 9.17) is 14.6 Å². The van der Waals surface area contributed by atoms with Gasteiger partial charge < -0.3 is 14.5 Å². The molecule has 1 heterocycles. The van der Waals surface area contributed by atoms with E-state index in [9.17, 15) is 4.79 Å². The maximum Gasteiger partial charge on any atom is 0.185 e. The molecule has 0 saturated heterocycles. The summed E-state index contributed by atoms with van der Waals surface area (Å²) in [4.78, 5) is 21.4. The molecular formula is C23H23N3O3S. The zero-order valence-corrected chi connectivity index (χ0v) is 17.7. The third kappa shape index (κ3) is 4.27. The molecule has 0 bridgehead atoms. The van der Waals surface area contributed by atoms with E-state index >= 15 is 0 Å². The van der Waals surface area contributed by atoms with Crippen LogP contribution in [0.25, 0.3) is 17.3 Å². The van der Waals surface area contributed by atoms with Crippen LogP contribution in [-0.2, 0) is 0 Å². The smallest absolute Gasteiger partial charge is 0.185 e. The van der Waals surface area contributed by atoms with Crippen LogP contribution in [0.3, 0.4) is 0 Å². The molecule has 7 heteroatoms. The van der Waals surface area contributed by atoms with Crippen LogP contribution in [0.5, 0.6) is 11.5 Å². The summed E-state index contributed by atoms with van der Waals surface area (Å²) in [7, 11) is 3.22. The first kappa shape index (κ1) is 20.3. The molecule has 6 nitrogen and oxygen atoms in total. The topological polar surface area (TPSA) is 90.2 Å². The van der Waals surface area contributed by atoms with Crippen LogP contribution >= 0.6 is 11.9 Å². The Bertz CT molecular complexity index is 1090. The van der Waals surface area contributed by atoms with Crippen molar-refractivity contribution in [2.45, 2.75) is 23.7 Å². The van der Waals surface area contributed by atoms with Gasteiger partial charge in [-0.3, -0.25) is 9.93 Å². The normalized spacial score (nSPS) is 13.6. The van der Waals surface area contributed by atoms with E-state index in [2.05, 4.69) is 9.97 Å². The summed E-state index contributed by atoms with van der Waals surface area (Å²) in [5.41, 5.74) is 3.12. The Balaban J connectivity index is 1.65. The first-order valence-electron chi connectivity index (χ1n) is 9.63. The Morgan fingerprint density at radius 1 is 1.17 bits per heavy atom. The molecule has 3 N–H and O–H groups in total. The van der Waals surface area contributed by atoms with Crippen LogP contribution < -0.4 is 14.6 Å². The second kappa shape index (κ2) is 8.77. The van der Waals surface area contributed by atoms with Gasteiger partial charge in [0.25, 0.3) is 0 Å². The zero-order valence-electron chi connectivity index (χ0n) is 16.8. The van der Waals surface area contributed by atoms with Crippen molar-refractivity contribution in [2.24, 2.45) is 5.14 Å². The molecule has 0 spiro atoms. The third-order valence-corrected chi connectivity index (χ3v) is 5.64. The van der Waals surface area contributed by atoms with E-state index in [-0.39, 0.29) is 5.78 Å². The second-order valence-electron chi connectivity index (χ2n) is 7.09. The minimum Gasteiger partial charge on any atom is -0.496 e. The van der Waals surface area contributed by atoms with E-state index in [0.717, 1.165) is 39.5 Å². The number of carbonyl (C=O) groups is 1. The predicted molar refractivity (Wildman–Crippen MR) is 119 cm³/mol. The number of methoxy groups -OCH3 is 2. The highest BCUT2D eigenvalue weighted by atomic mass is 32.2. The summed E-state index contributed by atoms with van der Waals surface area (Å²) in [5, 5.41) is 5.54. The summed E-state index contributed by atoms with van der Waals surface area (Å²) >= 11 is 1.15. The second-order valence-corrected chi connectivity index (χ2v) is 7.80. The number of allylic oxidation sites excluding steroid dienone is 1. The van der Waals surface area contributed by atoms with Crippen LogP contribution in [0, 0.1) is 0 Å². The molecule has 0 aliphatic heterocycles. The lowest BCUT2D eigenvalue weighted by molar-refractivity contribution is 0.104. The van der Waals surface area contributed by atoms with Gasteiger partial charge in [-0.2, -0.15) is 0 Å². The first-order valence-corrected chi connectivity index (χ1v) is 10.5. The van der Waals surface area contributed by atoms with Gasteiger partial charge in [0.05, 0.1) is 26.1 Å².